The summed E-state index contributed by atoms with van der Waals surface area (Å²) >= 11 is 3.47. The van der Waals surface area contributed by atoms with Gasteiger partial charge in [0, 0.05) is 16.6 Å². The highest BCUT2D eigenvalue weighted by atomic mass is 79.9. The minimum absolute atomic E-state index is 0.364. The van der Waals surface area contributed by atoms with E-state index in [0.717, 1.165) is 17.3 Å². The van der Waals surface area contributed by atoms with Gasteiger partial charge < -0.3 is 10.1 Å². The van der Waals surface area contributed by atoms with Gasteiger partial charge in [0.15, 0.2) is 0 Å². The zero-order valence-corrected chi connectivity index (χ0v) is 12.9. The molecule has 3 atom stereocenters. The summed E-state index contributed by atoms with van der Waals surface area (Å²) in [7, 11) is 0. The monoisotopic (exact) mass is 311 g/mol. The maximum Gasteiger partial charge on any atom is 0.0565 e. The summed E-state index contributed by atoms with van der Waals surface area (Å²) in [5.41, 5.74) is 1.34. The van der Waals surface area contributed by atoms with E-state index in [1.807, 2.05) is 0 Å². The molecule has 0 spiro atoms. The van der Waals surface area contributed by atoms with E-state index in [-0.39, 0.29) is 0 Å². The van der Waals surface area contributed by atoms with Crippen molar-refractivity contribution in [2.45, 2.75) is 57.9 Å². The summed E-state index contributed by atoms with van der Waals surface area (Å²) in [6.45, 7) is 6.55. The van der Waals surface area contributed by atoms with E-state index in [4.69, 9.17) is 4.74 Å². The van der Waals surface area contributed by atoms with Crippen molar-refractivity contribution in [3.8, 4) is 0 Å². The molecular weight excluding hydrogens is 290 g/mol. The molecule has 1 aromatic carbocycles. The third kappa shape index (κ3) is 3.81. The number of benzene rings is 1. The summed E-state index contributed by atoms with van der Waals surface area (Å²) in [5.74, 6) is 0. The van der Waals surface area contributed by atoms with Gasteiger partial charge in [-0.1, -0.05) is 28.1 Å². The maximum absolute atomic E-state index is 5.77. The molecule has 0 aromatic heterocycles. The van der Waals surface area contributed by atoms with Crippen LogP contribution < -0.4 is 5.32 Å². The minimum Gasteiger partial charge on any atom is -0.375 e. The van der Waals surface area contributed by atoms with E-state index >= 15 is 0 Å². The topological polar surface area (TPSA) is 21.3 Å². The summed E-state index contributed by atoms with van der Waals surface area (Å²) in [6.07, 6.45) is 2.93. The molecule has 1 aromatic rings. The smallest absolute Gasteiger partial charge is 0.0565 e. The third-order valence-electron chi connectivity index (χ3n) is 3.55. The molecule has 1 fully saturated rings. The Morgan fingerprint density at radius 3 is 2.28 bits per heavy atom. The van der Waals surface area contributed by atoms with Gasteiger partial charge in [-0.2, -0.15) is 0 Å². The van der Waals surface area contributed by atoms with Gasteiger partial charge in [-0.05, 0) is 51.3 Å². The van der Waals surface area contributed by atoms with E-state index in [0.29, 0.717) is 24.3 Å². The molecule has 100 valence electrons. The molecule has 1 saturated heterocycles. The van der Waals surface area contributed by atoms with Crippen molar-refractivity contribution in [3.05, 3.63) is 34.3 Å². The fourth-order valence-electron chi connectivity index (χ4n) is 2.74. The normalized spacial score (nSPS) is 30.1. The molecule has 2 nitrogen and oxygen atoms in total. The van der Waals surface area contributed by atoms with Crippen molar-refractivity contribution in [2.24, 2.45) is 0 Å². The summed E-state index contributed by atoms with van der Waals surface area (Å²) < 4.78 is 6.90. The van der Waals surface area contributed by atoms with Gasteiger partial charge in [-0.3, -0.25) is 0 Å². The van der Waals surface area contributed by atoms with Gasteiger partial charge in [0.2, 0.25) is 0 Å². The lowest BCUT2D eigenvalue weighted by molar-refractivity contribution is -0.0433. The van der Waals surface area contributed by atoms with E-state index < -0.39 is 0 Å². The molecule has 1 aliphatic heterocycles. The molecule has 0 amide bonds. The molecule has 3 heteroatoms. The van der Waals surface area contributed by atoms with Crippen LogP contribution >= 0.6 is 15.9 Å². The quantitative estimate of drug-likeness (QED) is 0.909. The molecule has 0 aliphatic carbocycles. The van der Waals surface area contributed by atoms with Crippen LogP contribution in [0.15, 0.2) is 28.7 Å². The van der Waals surface area contributed by atoms with Crippen molar-refractivity contribution in [2.75, 3.05) is 0 Å². The fraction of sp³-hybridized carbons (Fsp3) is 0.600. The van der Waals surface area contributed by atoms with E-state index in [9.17, 15) is 0 Å². The van der Waals surface area contributed by atoms with Crippen LogP contribution in [0, 0.1) is 0 Å². The lowest BCUT2D eigenvalue weighted by atomic mass is 9.98. The Bertz CT molecular complexity index is 369. The van der Waals surface area contributed by atoms with Gasteiger partial charge in [0.05, 0.1) is 12.2 Å². The highest BCUT2D eigenvalue weighted by Crippen LogP contribution is 2.23. The minimum atomic E-state index is 0.364. The molecular formula is C15H22BrNO. The van der Waals surface area contributed by atoms with Crippen molar-refractivity contribution < 1.29 is 4.74 Å². The number of hydrogen-bond donors (Lipinski definition) is 1. The van der Waals surface area contributed by atoms with Crippen LogP contribution in [0.2, 0.25) is 0 Å². The highest BCUT2D eigenvalue weighted by Gasteiger charge is 2.25. The Morgan fingerprint density at radius 1 is 1.17 bits per heavy atom. The van der Waals surface area contributed by atoms with Crippen molar-refractivity contribution in [3.63, 3.8) is 0 Å². The predicted octanol–water partition coefficient (Wildman–Crippen LogP) is 4.06. The fourth-order valence-corrected chi connectivity index (χ4v) is 3.01. The van der Waals surface area contributed by atoms with Gasteiger partial charge in [-0.15, -0.1) is 0 Å². The molecule has 1 N–H and O–H groups in total. The first kappa shape index (κ1) is 14.0. The number of nitrogens with one attached hydrogen (secondary N) is 1. The van der Waals surface area contributed by atoms with Gasteiger partial charge in [0.1, 0.15) is 0 Å². The van der Waals surface area contributed by atoms with Gasteiger partial charge >= 0.3 is 0 Å². The lowest BCUT2D eigenvalue weighted by Crippen LogP contribution is -2.42. The first-order chi connectivity index (χ1) is 8.54. The maximum atomic E-state index is 5.77. The van der Waals surface area contributed by atoms with E-state index in [2.05, 4.69) is 66.3 Å². The van der Waals surface area contributed by atoms with Crippen LogP contribution in [-0.4, -0.2) is 18.2 Å². The second-order valence-electron chi connectivity index (χ2n) is 5.37. The van der Waals surface area contributed by atoms with Gasteiger partial charge in [0.25, 0.3) is 0 Å². The standard InChI is InChI=1S/C15H22BrNO/c1-10-8-15(9-11(2)18-10)17-12(3)13-4-6-14(16)7-5-13/h4-7,10-12,15,17H,8-9H2,1-3H3. The number of halogens is 1. The average molecular weight is 312 g/mol. The molecule has 2 rings (SSSR count). The average Bonchev–Trinajstić information content (AvgIpc) is 2.28. The molecule has 1 aliphatic rings. The predicted molar refractivity (Wildman–Crippen MR) is 78.7 cm³/mol. The molecule has 0 bridgehead atoms. The Hall–Kier alpha value is -0.380. The first-order valence-corrected chi connectivity index (χ1v) is 7.51. The number of hydrogen-bond acceptors (Lipinski definition) is 2. The lowest BCUT2D eigenvalue weighted by Gasteiger charge is -2.34. The Labute approximate surface area is 118 Å². The van der Waals surface area contributed by atoms with E-state index in [1.54, 1.807) is 0 Å². The van der Waals surface area contributed by atoms with Gasteiger partial charge in [-0.25, -0.2) is 0 Å². The molecule has 0 saturated carbocycles. The van der Waals surface area contributed by atoms with E-state index in [1.165, 1.54) is 5.56 Å². The van der Waals surface area contributed by atoms with Crippen LogP contribution in [0.3, 0.4) is 0 Å². The number of rotatable bonds is 3. The Balaban J connectivity index is 1.94. The molecule has 1 heterocycles. The summed E-state index contributed by atoms with van der Waals surface area (Å²) in [6, 6.07) is 9.50. The third-order valence-corrected chi connectivity index (χ3v) is 4.08. The molecule has 0 radical (unpaired) electrons. The van der Waals surface area contributed by atoms with Crippen molar-refractivity contribution >= 4 is 15.9 Å². The molecule has 18 heavy (non-hydrogen) atoms. The number of ether oxygens (including phenoxy) is 1. The van der Waals surface area contributed by atoms with Crippen molar-refractivity contribution in [1.82, 2.24) is 5.32 Å². The highest BCUT2D eigenvalue weighted by molar-refractivity contribution is 9.10. The Kier molecular flexibility index (Phi) is 4.82. The van der Waals surface area contributed by atoms with Crippen LogP contribution in [0.1, 0.15) is 45.2 Å². The second kappa shape index (κ2) is 6.18. The summed E-state index contributed by atoms with van der Waals surface area (Å²) in [5, 5.41) is 3.72. The van der Waals surface area contributed by atoms with Crippen LogP contribution in [0.4, 0.5) is 0 Å². The first-order valence-electron chi connectivity index (χ1n) is 6.71. The van der Waals surface area contributed by atoms with Crippen LogP contribution in [-0.2, 0) is 4.74 Å². The van der Waals surface area contributed by atoms with Crippen LogP contribution in [0.25, 0.3) is 0 Å². The molecule has 3 unspecified atom stereocenters. The SMILES string of the molecule is CC1CC(NC(C)c2ccc(Br)cc2)CC(C)O1. The zero-order chi connectivity index (χ0) is 13.1. The zero-order valence-electron chi connectivity index (χ0n) is 11.3. The second-order valence-corrected chi connectivity index (χ2v) is 6.28. The van der Waals surface area contributed by atoms with Crippen molar-refractivity contribution in [1.29, 1.82) is 0 Å². The largest absolute Gasteiger partial charge is 0.375 e. The van der Waals surface area contributed by atoms with Crippen LogP contribution in [0.5, 0.6) is 0 Å². The Morgan fingerprint density at radius 2 is 1.72 bits per heavy atom. The summed E-state index contributed by atoms with van der Waals surface area (Å²) in [4.78, 5) is 0.